The minimum Gasteiger partial charge on any atom is -0.444 e. The van der Waals surface area contributed by atoms with Crippen LogP contribution in [0.5, 0.6) is 0 Å². The predicted molar refractivity (Wildman–Crippen MR) is 113 cm³/mol. The first-order valence-electron chi connectivity index (χ1n) is 9.49. The van der Waals surface area contributed by atoms with Crippen LogP contribution in [0.3, 0.4) is 0 Å². The number of nitrogens with one attached hydrogen (secondary N) is 1. The van der Waals surface area contributed by atoms with Crippen molar-refractivity contribution in [2.45, 2.75) is 51.4 Å². The van der Waals surface area contributed by atoms with Crippen LogP contribution in [0.1, 0.15) is 33.6 Å². The van der Waals surface area contributed by atoms with Crippen molar-refractivity contribution in [3.63, 3.8) is 0 Å². The van der Waals surface area contributed by atoms with Crippen molar-refractivity contribution in [2.24, 2.45) is 0 Å². The van der Waals surface area contributed by atoms with Gasteiger partial charge in [-0.05, 0) is 33.6 Å². The SMILES string of the molecule is CC(C)(C)OC(=O)N[C@@H](CCCO)[Si](C)(c1ccccc1)c1ccccc1. The number of hydrogen-bond donors (Lipinski definition) is 2. The lowest BCUT2D eigenvalue weighted by molar-refractivity contribution is 0.0515. The molecule has 0 heterocycles. The predicted octanol–water partition coefficient (Wildman–Crippen LogP) is 3.08. The molecule has 0 aliphatic rings. The van der Waals surface area contributed by atoms with Crippen molar-refractivity contribution in [3.05, 3.63) is 60.7 Å². The molecule has 2 aromatic rings. The highest BCUT2D eigenvalue weighted by molar-refractivity contribution is 7.02. The van der Waals surface area contributed by atoms with Crippen molar-refractivity contribution in [1.29, 1.82) is 0 Å². The Hall–Kier alpha value is -2.11. The normalized spacial score (nSPS) is 13.1. The van der Waals surface area contributed by atoms with E-state index in [2.05, 4.69) is 36.1 Å². The second-order valence-electron chi connectivity index (χ2n) is 8.00. The van der Waals surface area contributed by atoms with E-state index in [1.54, 1.807) is 0 Å². The molecule has 5 heteroatoms. The minimum atomic E-state index is -2.33. The van der Waals surface area contributed by atoms with Gasteiger partial charge in [-0.1, -0.05) is 77.6 Å². The summed E-state index contributed by atoms with van der Waals surface area (Å²) >= 11 is 0. The van der Waals surface area contributed by atoms with E-state index in [9.17, 15) is 9.90 Å². The molecule has 4 nitrogen and oxygen atoms in total. The maximum Gasteiger partial charge on any atom is 0.407 e. The Labute approximate surface area is 163 Å². The molecule has 0 radical (unpaired) electrons. The van der Waals surface area contributed by atoms with Crippen molar-refractivity contribution in [1.82, 2.24) is 5.32 Å². The van der Waals surface area contributed by atoms with Crippen LogP contribution < -0.4 is 15.7 Å². The fourth-order valence-electron chi connectivity index (χ4n) is 3.39. The number of ether oxygens (including phenoxy) is 1. The van der Waals surface area contributed by atoms with Gasteiger partial charge >= 0.3 is 6.09 Å². The Kier molecular flexibility index (Phi) is 7.22. The van der Waals surface area contributed by atoms with Crippen molar-refractivity contribution < 1.29 is 14.6 Å². The summed E-state index contributed by atoms with van der Waals surface area (Å²) in [6, 6.07) is 20.7. The van der Waals surface area contributed by atoms with Crippen molar-refractivity contribution in [3.8, 4) is 0 Å². The third-order valence-corrected chi connectivity index (χ3v) is 9.68. The molecule has 27 heavy (non-hydrogen) atoms. The van der Waals surface area contributed by atoms with Crippen LogP contribution in [-0.4, -0.2) is 37.1 Å². The number of aliphatic hydroxyl groups is 1. The number of amides is 1. The Morgan fingerprint density at radius 2 is 1.52 bits per heavy atom. The van der Waals surface area contributed by atoms with Gasteiger partial charge in [0.15, 0.2) is 0 Å². The number of hydrogen-bond acceptors (Lipinski definition) is 3. The number of carbonyl (C=O) groups excluding carboxylic acids is 1. The molecular weight excluding hydrogens is 354 g/mol. The smallest absolute Gasteiger partial charge is 0.407 e. The summed E-state index contributed by atoms with van der Waals surface area (Å²) < 4.78 is 5.52. The Morgan fingerprint density at radius 1 is 1.04 bits per heavy atom. The lowest BCUT2D eigenvalue weighted by Crippen LogP contribution is -2.69. The average molecular weight is 386 g/mol. The van der Waals surface area contributed by atoms with E-state index in [0.717, 1.165) is 0 Å². The molecule has 0 aliphatic carbocycles. The fraction of sp³-hybridized carbons (Fsp3) is 0.409. The van der Waals surface area contributed by atoms with Gasteiger partial charge in [0.05, 0.1) is 0 Å². The number of carbonyl (C=O) groups is 1. The minimum absolute atomic E-state index is 0.0932. The first-order valence-corrected chi connectivity index (χ1v) is 12.1. The van der Waals surface area contributed by atoms with Crippen LogP contribution in [0.2, 0.25) is 6.55 Å². The summed E-state index contributed by atoms with van der Waals surface area (Å²) in [6.07, 6.45) is 0.918. The monoisotopic (exact) mass is 385 g/mol. The standard InChI is InChI=1S/C22H31NO3Si/c1-22(2,3)26-21(25)23-20(16-11-17-24)27(4,18-12-7-5-8-13-18)19-14-9-6-10-15-19/h5-10,12-15,20,24H,11,16-17H2,1-4H3,(H,23,25)/t20-/m1/s1. The van der Waals surface area contributed by atoms with Gasteiger partial charge in [-0.25, -0.2) is 4.79 Å². The fourth-order valence-corrected chi connectivity index (χ4v) is 7.48. The number of alkyl carbamates (subject to hydrolysis) is 1. The molecule has 0 aromatic heterocycles. The van der Waals surface area contributed by atoms with Crippen molar-refractivity contribution in [2.75, 3.05) is 6.61 Å². The van der Waals surface area contributed by atoms with Crippen molar-refractivity contribution >= 4 is 24.5 Å². The molecule has 146 valence electrons. The summed E-state index contributed by atoms with van der Waals surface area (Å²) in [5, 5.41) is 15.0. The highest BCUT2D eigenvalue weighted by Gasteiger charge is 2.41. The third kappa shape index (κ3) is 5.68. The second-order valence-corrected chi connectivity index (χ2v) is 12.3. The number of rotatable bonds is 7. The Morgan fingerprint density at radius 3 is 1.93 bits per heavy atom. The van der Waals surface area contributed by atoms with Crippen LogP contribution in [-0.2, 0) is 4.74 Å². The largest absolute Gasteiger partial charge is 0.444 e. The van der Waals surface area contributed by atoms with Crippen LogP contribution in [0.25, 0.3) is 0 Å². The topological polar surface area (TPSA) is 58.6 Å². The zero-order valence-corrected chi connectivity index (χ0v) is 17.7. The molecule has 0 unspecified atom stereocenters. The molecule has 1 atom stereocenters. The van der Waals surface area contributed by atoms with Gasteiger partial charge in [-0.15, -0.1) is 0 Å². The summed E-state index contributed by atoms with van der Waals surface area (Å²) in [4.78, 5) is 12.6. The zero-order valence-electron chi connectivity index (χ0n) is 16.7. The second kappa shape index (κ2) is 9.20. The van der Waals surface area contributed by atoms with Gasteiger partial charge in [0, 0.05) is 12.3 Å². The molecule has 0 bridgehead atoms. The van der Waals surface area contributed by atoms with E-state index < -0.39 is 19.8 Å². The van der Waals surface area contributed by atoms with Gasteiger partial charge in [0.1, 0.15) is 13.7 Å². The lowest BCUT2D eigenvalue weighted by Gasteiger charge is -2.38. The van der Waals surface area contributed by atoms with Crippen LogP contribution in [0.15, 0.2) is 60.7 Å². The maximum absolute atomic E-state index is 12.6. The number of benzene rings is 2. The maximum atomic E-state index is 12.6. The molecule has 1 amide bonds. The van der Waals surface area contributed by atoms with E-state index in [4.69, 9.17) is 4.74 Å². The van der Waals surface area contributed by atoms with Crippen LogP contribution in [0.4, 0.5) is 4.79 Å². The highest BCUT2D eigenvalue weighted by atomic mass is 28.3. The molecular formula is C22H31NO3Si. The highest BCUT2D eigenvalue weighted by Crippen LogP contribution is 2.17. The first kappa shape index (κ1) is 21.2. The van der Waals surface area contributed by atoms with Gasteiger partial charge in [0.25, 0.3) is 0 Å². The van der Waals surface area contributed by atoms with Gasteiger partial charge < -0.3 is 15.2 Å². The quantitative estimate of drug-likeness (QED) is 0.720. The van der Waals surface area contributed by atoms with Gasteiger partial charge in [-0.3, -0.25) is 0 Å². The summed E-state index contributed by atoms with van der Waals surface area (Å²) in [6.45, 7) is 7.96. The first-order chi connectivity index (χ1) is 12.8. The van der Waals surface area contributed by atoms with Gasteiger partial charge in [0.2, 0.25) is 0 Å². The van der Waals surface area contributed by atoms with E-state index in [1.807, 2.05) is 57.2 Å². The number of aliphatic hydroxyl groups excluding tert-OH is 1. The Balaban J connectivity index is 2.45. The summed E-state index contributed by atoms with van der Waals surface area (Å²) in [7, 11) is -2.33. The molecule has 2 rings (SSSR count). The van der Waals surface area contributed by atoms with E-state index in [1.165, 1.54) is 10.4 Å². The molecule has 2 aromatic carbocycles. The molecule has 2 N–H and O–H groups in total. The third-order valence-electron chi connectivity index (χ3n) is 4.79. The van der Waals surface area contributed by atoms with Crippen LogP contribution in [0, 0.1) is 0 Å². The van der Waals surface area contributed by atoms with Crippen LogP contribution >= 0.6 is 0 Å². The van der Waals surface area contributed by atoms with Gasteiger partial charge in [-0.2, -0.15) is 0 Å². The summed E-state index contributed by atoms with van der Waals surface area (Å²) in [5.74, 6) is 0. The average Bonchev–Trinajstić information content (AvgIpc) is 2.64. The Bertz CT molecular complexity index is 674. The molecule has 0 fully saturated rings. The molecule has 0 aliphatic heterocycles. The summed E-state index contributed by atoms with van der Waals surface area (Å²) in [5.41, 5.74) is -0.646. The zero-order chi connectivity index (χ0) is 19.9. The lowest BCUT2D eigenvalue weighted by atomic mass is 10.2. The van der Waals surface area contributed by atoms with E-state index in [0.29, 0.717) is 12.8 Å². The molecule has 0 spiro atoms. The molecule has 0 saturated heterocycles. The molecule has 0 saturated carbocycles. The van der Waals surface area contributed by atoms with E-state index >= 15 is 0 Å². The van der Waals surface area contributed by atoms with E-state index in [-0.39, 0.29) is 12.3 Å².